The first-order chi connectivity index (χ1) is 4.93. The predicted molar refractivity (Wildman–Crippen MR) is 46.5 cm³/mol. The Hall–Kier alpha value is -0.390. The highest BCUT2D eigenvalue weighted by atomic mass is 32.1. The third-order valence-electron chi connectivity index (χ3n) is 1.80. The number of thiocarbonyl (C=S) groups is 1. The second-order valence-corrected chi connectivity index (χ2v) is 3.53. The zero-order valence-corrected chi connectivity index (χ0v) is 7.48. The Morgan fingerprint density at radius 2 is 2.45 bits per heavy atom. The van der Waals surface area contributed by atoms with Crippen molar-refractivity contribution in [1.29, 1.82) is 0 Å². The normalized spacial score (nSPS) is 38.7. The number of nitrogens with zero attached hydrogens (tertiary/aromatic N) is 1. The van der Waals surface area contributed by atoms with Gasteiger partial charge in [0.05, 0.1) is 0 Å². The van der Waals surface area contributed by atoms with E-state index in [0.717, 1.165) is 0 Å². The predicted octanol–water partition coefficient (Wildman–Crippen LogP) is -0.463. The Bertz CT molecular complexity index is 183. The Morgan fingerprint density at radius 1 is 1.91 bits per heavy atom. The molecule has 4 N–H and O–H groups in total. The number of aliphatic hydroxyl groups is 1. The van der Waals surface area contributed by atoms with Crippen molar-refractivity contribution in [3.8, 4) is 0 Å². The summed E-state index contributed by atoms with van der Waals surface area (Å²) in [7, 11) is 0. The lowest BCUT2D eigenvalue weighted by Gasteiger charge is -2.42. The van der Waals surface area contributed by atoms with Crippen molar-refractivity contribution in [1.82, 2.24) is 10.3 Å². The van der Waals surface area contributed by atoms with Gasteiger partial charge in [-0.2, -0.15) is 0 Å². The molecule has 5 heteroatoms. The number of hydrogen-bond donors (Lipinski definition) is 3. The van der Waals surface area contributed by atoms with E-state index in [1.807, 2.05) is 6.92 Å². The van der Waals surface area contributed by atoms with Gasteiger partial charge in [0.25, 0.3) is 0 Å². The molecule has 0 aromatic rings. The quantitative estimate of drug-likeness (QED) is 0.343. The highest BCUT2D eigenvalue weighted by Crippen LogP contribution is 2.19. The lowest BCUT2D eigenvalue weighted by molar-refractivity contribution is -0.0769. The molecule has 1 heterocycles. The van der Waals surface area contributed by atoms with Gasteiger partial charge >= 0.3 is 0 Å². The summed E-state index contributed by atoms with van der Waals surface area (Å²) in [4.78, 5) is 0. The lowest BCUT2D eigenvalue weighted by Crippen LogP contribution is -2.64. The number of hydrazine groups is 1. The minimum absolute atomic E-state index is 0.178. The Morgan fingerprint density at radius 3 is 2.91 bits per heavy atom. The summed E-state index contributed by atoms with van der Waals surface area (Å²) in [5, 5.41) is 14.2. The molecular weight excluding hydrogens is 162 g/mol. The van der Waals surface area contributed by atoms with E-state index >= 15 is 0 Å². The molecule has 0 bridgehead atoms. The molecule has 0 radical (unpaired) electrons. The summed E-state index contributed by atoms with van der Waals surface area (Å²) in [5.41, 5.74) is -1.01. The van der Waals surface area contributed by atoms with Gasteiger partial charge in [0.2, 0.25) is 0 Å². The molecule has 0 amide bonds. The van der Waals surface area contributed by atoms with Gasteiger partial charge in [-0.1, -0.05) is 0 Å². The average Bonchev–Trinajstić information content (AvgIpc) is 1.81. The van der Waals surface area contributed by atoms with Crippen LogP contribution in [0.5, 0.6) is 0 Å². The molecule has 2 atom stereocenters. The summed E-state index contributed by atoms with van der Waals surface area (Å²) in [6.45, 7) is 3.60. The van der Waals surface area contributed by atoms with E-state index < -0.39 is 5.72 Å². The van der Waals surface area contributed by atoms with Crippen molar-refractivity contribution < 1.29 is 5.11 Å². The molecule has 0 aromatic heterocycles. The fourth-order valence-corrected chi connectivity index (χ4v) is 1.63. The highest BCUT2D eigenvalue weighted by molar-refractivity contribution is 7.80. The van der Waals surface area contributed by atoms with E-state index in [0.29, 0.717) is 11.5 Å². The molecular formula is C6H13N3OS. The van der Waals surface area contributed by atoms with E-state index in [1.165, 1.54) is 5.01 Å². The molecule has 1 aliphatic heterocycles. The molecule has 0 spiro atoms. The Balaban J connectivity index is 2.75. The molecule has 0 saturated carbocycles. The summed E-state index contributed by atoms with van der Waals surface area (Å²) in [5.74, 6) is 5.50. The van der Waals surface area contributed by atoms with Gasteiger partial charge in [0.15, 0.2) is 10.8 Å². The average molecular weight is 175 g/mol. The minimum atomic E-state index is -1.01. The van der Waals surface area contributed by atoms with Crippen molar-refractivity contribution >= 4 is 17.3 Å². The first kappa shape index (κ1) is 8.70. The van der Waals surface area contributed by atoms with Crippen LogP contribution in [0.1, 0.15) is 20.3 Å². The SMILES string of the molecule is CC1CC(C)(O)N(N)C(=S)N1. The summed E-state index contributed by atoms with van der Waals surface area (Å²) >= 11 is 4.88. The lowest BCUT2D eigenvalue weighted by atomic mass is 10.0. The van der Waals surface area contributed by atoms with Gasteiger partial charge in [-0.15, -0.1) is 0 Å². The molecule has 11 heavy (non-hydrogen) atoms. The number of nitrogens with two attached hydrogens (primary N) is 1. The second kappa shape index (κ2) is 2.58. The Labute approximate surface area is 71.3 Å². The van der Waals surface area contributed by atoms with Gasteiger partial charge in [0.1, 0.15) is 0 Å². The maximum Gasteiger partial charge on any atom is 0.186 e. The van der Waals surface area contributed by atoms with Crippen molar-refractivity contribution in [2.75, 3.05) is 0 Å². The molecule has 4 nitrogen and oxygen atoms in total. The maximum atomic E-state index is 9.66. The van der Waals surface area contributed by atoms with Crippen molar-refractivity contribution in [3.05, 3.63) is 0 Å². The first-order valence-electron chi connectivity index (χ1n) is 3.51. The molecule has 2 unspecified atom stereocenters. The monoisotopic (exact) mass is 175 g/mol. The van der Waals surface area contributed by atoms with Crippen LogP contribution in [0.2, 0.25) is 0 Å². The summed E-state index contributed by atoms with van der Waals surface area (Å²) in [6, 6.07) is 0.178. The minimum Gasteiger partial charge on any atom is -0.370 e. The first-order valence-corrected chi connectivity index (χ1v) is 3.92. The number of rotatable bonds is 0. The topological polar surface area (TPSA) is 61.5 Å². The van der Waals surface area contributed by atoms with Crippen LogP contribution >= 0.6 is 12.2 Å². The summed E-state index contributed by atoms with van der Waals surface area (Å²) in [6.07, 6.45) is 0.573. The van der Waals surface area contributed by atoms with Gasteiger partial charge in [0, 0.05) is 12.5 Å². The highest BCUT2D eigenvalue weighted by Gasteiger charge is 2.35. The van der Waals surface area contributed by atoms with Crippen LogP contribution in [0, 0.1) is 0 Å². The van der Waals surface area contributed by atoms with E-state index in [9.17, 15) is 5.11 Å². The molecule has 0 aliphatic carbocycles. The van der Waals surface area contributed by atoms with Crippen molar-refractivity contribution in [3.63, 3.8) is 0 Å². The van der Waals surface area contributed by atoms with Crippen LogP contribution in [-0.4, -0.2) is 27.0 Å². The van der Waals surface area contributed by atoms with Gasteiger partial charge in [-0.25, -0.2) is 5.84 Å². The molecule has 1 rings (SSSR count). The second-order valence-electron chi connectivity index (χ2n) is 3.14. The maximum absolute atomic E-state index is 9.66. The fourth-order valence-electron chi connectivity index (χ4n) is 1.23. The largest absolute Gasteiger partial charge is 0.370 e. The van der Waals surface area contributed by atoms with E-state index in [1.54, 1.807) is 6.92 Å². The molecule has 1 aliphatic rings. The van der Waals surface area contributed by atoms with Crippen LogP contribution in [-0.2, 0) is 0 Å². The van der Waals surface area contributed by atoms with Crippen LogP contribution < -0.4 is 11.2 Å². The number of hydrogen-bond acceptors (Lipinski definition) is 3. The zero-order valence-electron chi connectivity index (χ0n) is 6.66. The zero-order chi connectivity index (χ0) is 8.65. The smallest absolute Gasteiger partial charge is 0.186 e. The molecule has 0 aromatic carbocycles. The van der Waals surface area contributed by atoms with E-state index in [2.05, 4.69) is 5.32 Å². The van der Waals surface area contributed by atoms with Gasteiger partial charge in [-0.05, 0) is 26.1 Å². The number of nitrogens with one attached hydrogen (secondary N) is 1. The van der Waals surface area contributed by atoms with Crippen LogP contribution in [0.3, 0.4) is 0 Å². The third-order valence-corrected chi connectivity index (χ3v) is 2.12. The summed E-state index contributed by atoms with van der Waals surface area (Å²) < 4.78 is 0. The van der Waals surface area contributed by atoms with E-state index in [4.69, 9.17) is 18.1 Å². The third kappa shape index (κ3) is 1.61. The fraction of sp³-hybridized carbons (Fsp3) is 0.833. The van der Waals surface area contributed by atoms with Crippen LogP contribution in [0.4, 0.5) is 0 Å². The molecule has 1 fully saturated rings. The van der Waals surface area contributed by atoms with Crippen molar-refractivity contribution in [2.45, 2.75) is 32.0 Å². The van der Waals surface area contributed by atoms with Gasteiger partial charge in [-0.3, -0.25) is 5.01 Å². The standard InChI is InChI=1S/C6H13N3OS/c1-4-3-6(2,10)9(7)5(11)8-4/h4,10H,3,7H2,1-2H3,(H,8,11). The van der Waals surface area contributed by atoms with Crippen molar-refractivity contribution in [2.24, 2.45) is 5.84 Å². The van der Waals surface area contributed by atoms with E-state index in [-0.39, 0.29) is 6.04 Å². The molecule has 64 valence electrons. The van der Waals surface area contributed by atoms with Crippen LogP contribution in [0.25, 0.3) is 0 Å². The Kier molecular flexibility index (Phi) is 2.04. The van der Waals surface area contributed by atoms with Crippen LogP contribution in [0.15, 0.2) is 0 Å². The van der Waals surface area contributed by atoms with Gasteiger partial charge < -0.3 is 10.4 Å². The molecule has 1 saturated heterocycles.